The maximum absolute atomic E-state index is 12.3. The summed E-state index contributed by atoms with van der Waals surface area (Å²) in [6, 6.07) is 9.43. The Bertz CT molecular complexity index is 428. The molecule has 0 radical (unpaired) electrons. The van der Waals surface area contributed by atoms with Crippen molar-refractivity contribution in [2.75, 3.05) is 6.54 Å². The first-order chi connectivity index (χ1) is 8.91. The number of aliphatic carboxylic acids is 1. The van der Waals surface area contributed by atoms with Crippen molar-refractivity contribution in [1.29, 1.82) is 0 Å². The first-order valence-corrected chi connectivity index (χ1v) is 6.46. The molecule has 0 saturated carbocycles. The molecule has 1 rings (SSSR count). The van der Waals surface area contributed by atoms with Gasteiger partial charge in [-0.25, -0.2) is 0 Å². The highest BCUT2D eigenvalue weighted by Gasteiger charge is 2.24. The number of benzene rings is 1. The molecule has 1 unspecified atom stereocenters. The van der Waals surface area contributed by atoms with Gasteiger partial charge in [-0.1, -0.05) is 51.1 Å². The van der Waals surface area contributed by atoms with Crippen LogP contribution in [0.4, 0.5) is 0 Å². The number of carbonyl (C=O) groups excluding carboxylic acids is 1. The number of carboxylic acid groups (broad SMARTS) is 1. The zero-order valence-electron chi connectivity index (χ0n) is 11.7. The quantitative estimate of drug-likeness (QED) is 0.857. The molecular weight excluding hydrogens is 242 g/mol. The molecular formula is C15H21NO3. The second-order valence-corrected chi connectivity index (χ2v) is 5.11. The Labute approximate surface area is 114 Å². The minimum Gasteiger partial charge on any atom is -0.480 e. The van der Waals surface area contributed by atoms with Crippen molar-refractivity contribution in [2.24, 2.45) is 11.8 Å². The molecule has 1 atom stereocenters. The lowest BCUT2D eigenvalue weighted by Gasteiger charge is -2.26. The summed E-state index contributed by atoms with van der Waals surface area (Å²) in [6.45, 7) is 5.84. The summed E-state index contributed by atoms with van der Waals surface area (Å²) in [5.41, 5.74) is 0.938. The molecule has 4 nitrogen and oxygen atoms in total. The molecule has 104 valence electrons. The lowest BCUT2D eigenvalue weighted by Crippen LogP contribution is -2.39. The fraction of sp³-hybridized carbons (Fsp3) is 0.467. The number of amides is 1. The van der Waals surface area contributed by atoms with Crippen molar-refractivity contribution in [1.82, 2.24) is 4.90 Å². The largest absolute Gasteiger partial charge is 0.480 e. The lowest BCUT2D eigenvalue weighted by atomic mass is 9.96. The van der Waals surface area contributed by atoms with Gasteiger partial charge in [0.25, 0.3) is 0 Å². The van der Waals surface area contributed by atoms with Crippen LogP contribution in [0, 0.1) is 11.8 Å². The first-order valence-electron chi connectivity index (χ1n) is 6.46. The van der Waals surface area contributed by atoms with Crippen molar-refractivity contribution >= 4 is 11.9 Å². The van der Waals surface area contributed by atoms with Gasteiger partial charge in [0.2, 0.25) is 5.91 Å². The number of rotatable bonds is 6. The number of hydrogen-bond donors (Lipinski definition) is 1. The third kappa shape index (κ3) is 4.73. The highest BCUT2D eigenvalue weighted by Crippen LogP contribution is 2.15. The maximum Gasteiger partial charge on any atom is 0.323 e. The standard InChI is InChI=1S/C15H21NO3/c1-11(2)12(3)15(19)16(10-14(17)18)9-13-7-5-4-6-8-13/h4-8,11-12H,9-10H2,1-3H3,(H,17,18). The Morgan fingerprint density at radius 1 is 1.16 bits per heavy atom. The van der Waals surface area contributed by atoms with Crippen LogP contribution in [0.5, 0.6) is 0 Å². The van der Waals surface area contributed by atoms with Crippen molar-refractivity contribution in [3.8, 4) is 0 Å². The zero-order chi connectivity index (χ0) is 14.4. The summed E-state index contributed by atoms with van der Waals surface area (Å²) in [4.78, 5) is 24.6. The van der Waals surface area contributed by atoms with Crippen LogP contribution in [0.25, 0.3) is 0 Å². The van der Waals surface area contributed by atoms with Crippen LogP contribution in [0.2, 0.25) is 0 Å². The van der Waals surface area contributed by atoms with E-state index < -0.39 is 5.97 Å². The fourth-order valence-electron chi connectivity index (χ4n) is 1.75. The molecule has 0 heterocycles. The number of nitrogens with zero attached hydrogens (tertiary/aromatic N) is 1. The van der Waals surface area contributed by atoms with E-state index in [4.69, 9.17) is 5.11 Å². The van der Waals surface area contributed by atoms with Gasteiger partial charge in [0, 0.05) is 12.5 Å². The molecule has 0 aromatic heterocycles. The van der Waals surface area contributed by atoms with Gasteiger partial charge in [0.05, 0.1) is 0 Å². The second-order valence-electron chi connectivity index (χ2n) is 5.11. The molecule has 1 N–H and O–H groups in total. The molecule has 1 aromatic rings. The third-order valence-corrected chi connectivity index (χ3v) is 3.24. The number of carboxylic acids is 1. The van der Waals surface area contributed by atoms with Crippen molar-refractivity contribution in [2.45, 2.75) is 27.3 Å². The van der Waals surface area contributed by atoms with Crippen molar-refractivity contribution in [3.63, 3.8) is 0 Å². The second kappa shape index (κ2) is 6.92. The average molecular weight is 263 g/mol. The summed E-state index contributed by atoms with van der Waals surface area (Å²) in [6.07, 6.45) is 0. The summed E-state index contributed by atoms with van der Waals surface area (Å²) in [5, 5.41) is 8.94. The summed E-state index contributed by atoms with van der Waals surface area (Å²) in [7, 11) is 0. The van der Waals surface area contributed by atoms with Gasteiger partial charge in [-0.3, -0.25) is 9.59 Å². The van der Waals surface area contributed by atoms with Gasteiger partial charge >= 0.3 is 5.97 Å². The first kappa shape index (κ1) is 15.2. The Morgan fingerprint density at radius 2 is 1.74 bits per heavy atom. The van der Waals surface area contributed by atoms with E-state index >= 15 is 0 Å². The topological polar surface area (TPSA) is 57.6 Å². The van der Waals surface area contributed by atoms with E-state index in [0.29, 0.717) is 6.54 Å². The molecule has 0 aliphatic carbocycles. The van der Waals surface area contributed by atoms with Gasteiger partial charge in [0.15, 0.2) is 0 Å². The molecule has 0 aliphatic rings. The minimum atomic E-state index is -0.986. The SMILES string of the molecule is CC(C)C(C)C(=O)N(CC(=O)O)Cc1ccccc1. The van der Waals surface area contributed by atoms with E-state index in [1.807, 2.05) is 51.1 Å². The minimum absolute atomic E-state index is 0.110. The van der Waals surface area contributed by atoms with E-state index in [1.165, 1.54) is 4.90 Å². The molecule has 0 aliphatic heterocycles. The lowest BCUT2D eigenvalue weighted by molar-refractivity contribution is -0.147. The Kier molecular flexibility index (Phi) is 5.55. The number of hydrogen-bond acceptors (Lipinski definition) is 2. The van der Waals surface area contributed by atoms with Gasteiger partial charge < -0.3 is 10.0 Å². The van der Waals surface area contributed by atoms with Crippen LogP contribution < -0.4 is 0 Å². The molecule has 19 heavy (non-hydrogen) atoms. The van der Waals surface area contributed by atoms with Crippen molar-refractivity contribution in [3.05, 3.63) is 35.9 Å². The molecule has 0 fully saturated rings. The summed E-state index contributed by atoms with van der Waals surface area (Å²) < 4.78 is 0. The zero-order valence-corrected chi connectivity index (χ0v) is 11.7. The van der Waals surface area contributed by atoms with E-state index in [1.54, 1.807) is 0 Å². The molecule has 0 spiro atoms. The van der Waals surface area contributed by atoms with E-state index in [0.717, 1.165) is 5.56 Å². The fourth-order valence-corrected chi connectivity index (χ4v) is 1.75. The normalized spacial score (nSPS) is 12.2. The van der Waals surface area contributed by atoms with Gasteiger partial charge in [-0.2, -0.15) is 0 Å². The molecule has 1 aromatic carbocycles. The van der Waals surface area contributed by atoms with E-state index in [2.05, 4.69) is 0 Å². The Morgan fingerprint density at radius 3 is 2.21 bits per heavy atom. The van der Waals surface area contributed by atoms with Crippen LogP contribution in [0.15, 0.2) is 30.3 Å². The predicted octanol–water partition coefficient (Wildman–Crippen LogP) is 2.39. The van der Waals surface area contributed by atoms with E-state index in [9.17, 15) is 9.59 Å². The van der Waals surface area contributed by atoms with Crippen molar-refractivity contribution < 1.29 is 14.7 Å². The van der Waals surface area contributed by atoms with Crippen LogP contribution in [0.3, 0.4) is 0 Å². The predicted molar refractivity (Wildman–Crippen MR) is 73.5 cm³/mol. The van der Waals surface area contributed by atoms with Gasteiger partial charge in [-0.05, 0) is 11.5 Å². The monoisotopic (exact) mass is 263 g/mol. The van der Waals surface area contributed by atoms with Gasteiger partial charge in [-0.15, -0.1) is 0 Å². The average Bonchev–Trinajstić information content (AvgIpc) is 2.36. The van der Waals surface area contributed by atoms with Gasteiger partial charge in [0.1, 0.15) is 6.54 Å². The summed E-state index contributed by atoms with van der Waals surface area (Å²) in [5.74, 6) is -1.08. The highest BCUT2D eigenvalue weighted by atomic mass is 16.4. The van der Waals surface area contributed by atoms with Crippen LogP contribution >= 0.6 is 0 Å². The van der Waals surface area contributed by atoms with Crippen LogP contribution in [-0.2, 0) is 16.1 Å². The molecule has 0 saturated heterocycles. The Hall–Kier alpha value is -1.84. The molecule has 0 bridgehead atoms. The molecule has 1 amide bonds. The third-order valence-electron chi connectivity index (χ3n) is 3.24. The van der Waals surface area contributed by atoms with Crippen LogP contribution in [-0.4, -0.2) is 28.4 Å². The maximum atomic E-state index is 12.3. The van der Waals surface area contributed by atoms with E-state index in [-0.39, 0.29) is 24.3 Å². The summed E-state index contributed by atoms with van der Waals surface area (Å²) >= 11 is 0. The number of carbonyl (C=O) groups is 2. The Balaban J connectivity index is 2.83. The smallest absolute Gasteiger partial charge is 0.323 e. The molecule has 4 heteroatoms. The van der Waals surface area contributed by atoms with Crippen LogP contribution in [0.1, 0.15) is 26.3 Å². The highest BCUT2D eigenvalue weighted by molar-refractivity contribution is 5.83.